The predicted molar refractivity (Wildman–Crippen MR) is 84.6 cm³/mol. The first kappa shape index (κ1) is 17.1. The number of phenols is 1. The van der Waals surface area contributed by atoms with Crippen LogP contribution in [0.2, 0.25) is 0 Å². The molecule has 0 bridgehead atoms. The van der Waals surface area contributed by atoms with Crippen LogP contribution in [0.25, 0.3) is 0 Å². The van der Waals surface area contributed by atoms with Gasteiger partial charge in [-0.15, -0.1) is 0 Å². The molecule has 1 aromatic rings. The number of esters is 1. The third-order valence-electron chi connectivity index (χ3n) is 4.04. The summed E-state index contributed by atoms with van der Waals surface area (Å²) in [6, 6.07) is 4.68. The van der Waals surface area contributed by atoms with E-state index in [1.807, 2.05) is 0 Å². The summed E-state index contributed by atoms with van der Waals surface area (Å²) in [7, 11) is 1.39. The zero-order chi connectivity index (χ0) is 16.8. The predicted octanol–water partition coefficient (Wildman–Crippen LogP) is 2.40. The topological polar surface area (TPSA) is 84.9 Å². The number of amides is 1. The summed E-state index contributed by atoms with van der Waals surface area (Å²) >= 11 is 0. The van der Waals surface area contributed by atoms with Crippen LogP contribution < -0.4 is 10.1 Å². The van der Waals surface area contributed by atoms with E-state index in [-0.39, 0.29) is 29.0 Å². The number of nitrogens with one attached hydrogen (secondary N) is 1. The number of hydrogen-bond donors (Lipinski definition) is 2. The summed E-state index contributed by atoms with van der Waals surface area (Å²) in [5.74, 6) is -1.18. The minimum absolute atomic E-state index is 0.0262. The second-order valence-electron chi connectivity index (χ2n) is 5.75. The first-order valence-electron chi connectivity index (χ1n) is 7.90. The summed E-state index contributed by atoms with van der Waals surface area (Å²) < 4.78 is 10.1. The molecule has 1 aromatic carbocycles. The van der Waals surface area contributed by atoms with Crippen molar-refractivity contribution in [3.8, 4) is 11.5 Å². The van der Waals surface area contributed by atoms with E-state index in [9.17, 15) is 14.7 Å². The number of carbonyl (C=O) groups is 2. The maximum absolute atomic E-state index is 12.1. The average molecular weight is 321 g/mol. The van der Waals surface area contributed by atoms with E-state index in [0.29, 0.717) is 0 Å². The highest BCUT2D eigenvalue weighted by molar-refractivity contribution is 5.95. The highest BCUT2D eigenvalue weighted by atomic mass is 16.5. The number of rotatable bonds is 5. The molecule has 23 heavy (non-hydrogen) atoms. The third-order valence-corrected chi connectivity index (χ3v) is 4.04. The fraction of sp³-hybridized carbons (Fsp3) is 0.529. The molecule has 0 radical (unpaired) electrons. The Bertz CT molecular complexity index is 566. The fourth-order valence-corrected chi connectivity index (χ4v) is 2.69. The maximum atomic E-state index is 12.1. The Labute approximate surface area is 135 Å². The minimum Gasteiger partial charge on any atom is -0.504 e. The monoisotopic (exact) mass is 321 g/mol. The normalized spacial score (nSPS) is 16.4. The van der Waals surface area contributed by atoms with E-state index in [1.165, 1.54) is 32.6 Å². The van der Waals surface area contributed by atoms with Gasteiger partial charge in [0.05, 0.1) is 7.11 Å². The van der Waals surface area contributed by atoms with Crippen molar-refractivity contribution >= 4 is 11.9 Å². The molecule has 0 saturated heterocycles. The first-order valence-corrected chi connectivity index (χ1v) is 7.90. The molecule has 126 valence electrons. The van der Waals surface area contributed by atoms with Gasteiger partial charge in [-0.05, 0) is 31.9 Å². The van der Waals surface area contributed by atoms with Gasteiger partial charge >= 0.3 is 5.97 Å². The van der Waals surface area contributed by atoms with Gasteiger partial charge in [0.15, 0.2) is 17.6 Å². The Kier molecular flexibility index (Phi) is 5.84. The number of methoxy groups -OCH3 is 1. The van der Waals surface area contributed by atoms with E-state index in [4.69, 9.17) is 9.47 Å². The molecule has 0 heterocycles. The quantitative estimate of drug-likeness (QED) is 0.814. The molecule has 0 aromatic heterocycles. The molecule has 2 rings (SSSR count). The van der Waals surface area contributed by atoms with Crippen molar-refractivity contribution in [2.75, 3.05) is 7.11 Å². The van der Waals surface area contributed by atoms with Gasteiger partial charge in [0, 0.05) is 6.04 Å². The number of hydrogen-bond acceptors (Lipinski definition) is 5. The van der Waals surface area contributed by atoms with Crippen LogP contribution in [0.4, 0.5) is 0 Å². The molecule has 0 spiro atoms. The summed E-state index contributed by atoms with van der Waals surface area (Å²) in [5.41, 5.74) is -0.0262. The lowest BCUT2D eigenvalue weighted by atomic mass is 9.95. The maximum Gasteiger partial charge on any atom is 0.342 e. The molecule has 1 saturated carbocycles. The van der Waals surface area contributed by atoms with E-state index in [2.05, 4.69) is 5.32 Å². The Morgan fingerprint density at radius 1 is 1.26 bits per heavy atom. The molecule has 1 aliphatic carbocycles. The largest absolute Gasteiger partial charge is 0.504 e. The standard InChI is InChI=1S/C17H23NO5/c1-11(16(20)18-12-7-4-3-5-8-12)23-17(21)13-9-6-10-14(22-2)15(13)19/h6,9-12,19H,3-5,7-8H2,1-2H3,(H,18,20). The number of carbonyl (C=O) groups excluding carboxylic acids is 2. The molecule has 1 amide bonds. The molecule has 1 atom stereocenters. The number of aromatic hydroxyl groups is 1. The van der Waals surface area contributed by atoms with Gasteiger partial charge in [-0.25, -0.2) is 4.79 Å². The van der Waals surface area contributed by atoms with Gasteiger partial charge in [-0.3, -0.25) is 4.79 Å². The van der Waals surface area contributed by atoms with Crippen molar-refractivity contribution in [1.82, 2.24) is 5.32 Å². The zero-order valence-corrected chi connectivity index (χ0v) is 13.5. The molecule has 1 fully saturated rings. The van der Waals surface area contributed by atoms with Crippen molar-refractivity contribution in [2.45, 2.75) is 51.2 Å². The Hall–Kier alpha value is -2.24. The molecule has 6 nitrogen and oxygen atoms in total. The van der Waals surface area contributed by atoms with Gasteiger partial charge in [-0.2, -0.15) is 0 Å². The van der Waals surface area contributed by atoms with Crippen molar-refractivity contribution < 1.29 is 24.2 Å². The van der Waals surface area contributed by atoms with Crippen LogP contribution in [0.15, 0.2) is 18.2 Å². The summed E-state index contributed by atoms with van der Waals surface area (Å²) in [6.45, 7) is 1.52. The Balaban J connectivity index is 1.95. The van der Waals surface area contributed by atoms with E-state index >= 15 is 0 Å². The van der Waals surface area contributed by atoms with E-state index in [1.54, 1.807) is 6.07 Å². The summed E-state index contributed by atoms with van der Waals surface area (Å²) in [5, 5.41) is 12.9. The van der Waals surface area contributed by atoms with E-state index in [0.717, 1.165) is 25.7 Å². The van der Waals surface area contributed by atoms with Crippen molar-refractivity contribution in [3.05, 3.63) is 23.8 Å². The lowest BCUT2D eigenvalue weighted by Crippen LogP contribution is -2.42. The number of benzene rings is 1. The van der Waals surface area contributed by atoms with Gasteiger partial charge in [-0.1, -0.05) is 25.3 Å². The van der Waals surface area contributed by atoms with E-state index < -0.39 is 12.1 Å². The van der Waals surface area contributed by atoms with Crippen molar-refractivity contribution in [1.29, 1.82) is 0 Å². The number of para-hydroxylation sites is 1. The average Bonchev–Trinajstić information content (AvgIpc) is 2.55. The molecular weight excluding hydrogens is 298 g/mol. The molecule has 1 aliphatic rings. The van der Waals surface area contributed by atoms with Crippen LogP contribution in [0.1, 0.15) is 49.4 Å². The fourth-order valence-electron chi connectivity index (χ4n) is 2.69. The molecule has 1 unspecified atom stereocenters. The Morgan fingerprint density at radius 3 is 2.61 bits per heavy atom. The highest BCUT2D eigenvalue weighted by Gasteiger charge is 2.24. The van der Waals surface area contributed by atoms with Crippen LogP contribution in [0.3, 0.4) is 0 Å². The summed E-state index contributed by atoms with van der Waals surface area (Å²) in [6.07, 6.45) is 4.42. The van der Waals surface area contributed by atoms with Gasteiger partial charge < -0.3 is 19.9 Å². The van der Waals surface area contributed by atoms with Crippen LogP contribution >= 0.6 is 0 Å². The van der Waals surface area contributed by atoms with Gasteiger partial charge in [0.25, 0.3) is 5.91 Å². The van der Waals surface area contributed by atoms with Crippen LogP contribution in [0.5, 0.6) is 11.5 Å². The third kappa shape index (κ3) is 4.37. The van der Waals surface area contributed by atoms with Gasteiger partial charge in [0.2, 0.25) is 0 Å². The lowest BCUT2D eigenvalue weighted by molar-refractivity contribution is -0.130. The van der Waals surface area contributed by atoms with Crippen molar-refractivity contribution in [2.24, 2.45) is 0 Å². The van der Waals surface area contributed by atoms with Crippen molar-refractivity contribution in [3.63, 3.8) is 0 Å². The molecule has 6 heteroatoms. The van der Waals surface area contributed by atoms with Crippen LogP contribution in [0, 0.1) is 0 Å². The number of ether oxygens (including phenoxy) is 2. The molecule has 2 N–H and O–H groups in total. The second-order valence-corrected chi connectivity index (χ2v) is 5.75. The second kappa shape index (κ2) is 7.85. The Morgan fingerprint density at radius 2 is 1.96 bits per heavy atom. The molecule has 0 aliphatic heterocycles. The number of phenolic OH excluding ortho intramolecular Hbond substituents is 1. The summed E-state index contributed by atoms with van der Waals surface area (Å²) in [4.78, 5) is 24.2. The van der Waals surface area contributed by atoms with Crippen LogP contribution in [-0.2, 0) is 9.53 Å². The minimum atomic E-state index is -0.921. The molecular formula is C17H23NO5. The zero-order valence-electron chi connectivity index (χ0n) is 13.5. The SMILES string of the molecule is COc1cccc(C(=O)OC(C)C(=O)NC2CCCCC2)c1O. The lowest BCUT2D eigenvalue weighted by Gasteiger charge is -2.24. The smallest absolute Gasteiger partial charge is 0.342 e. The highest BCUT2D eigenvalue weighted by Crippen LogP contribution is 2.30. The first-order chi connectivity index (χ1) is 11.0. The van der Waals surface area contributed by atoms with Gasteiger partial charge in [0.1, 0.15) is 5.56 Å². The van der Waals surface area contributed by atoms with Crippen LogP contribution in [-0.4, -0.2) is 36.2 Å².